The highest BCUT2D eigenvalue weighted by molar-refractivity contribution is 5.91. The maximum atomic E-state index is 11.7. The van der Waals surface area contributed by atoms with E-state index in [-0.39, 0.29) is 12.0 Å². The van der Waals surface area contributed by atoms with Crippen LogP contribution in [0, 0.1) is 0 Å². The van der Waals surface area contributed by atoms with Gasteiger partial charge in [-0.25, -0.2) is 9.59 Å². The average molecular weight is 318 g/mol. The summed E-state index contributed by atoms with van der Waals surface area (Å²) in [6.07, 6.45) is 2.97. The summed E-state index contributed by atoms with van der Waals surface area (Å²) in [7, 11) is 1.36. The molecular weight excluding hydrogens is 296 g/mol. The number of methoxy groups -OCH3 is 1. The van der Waals surface area contributed by atoms with Crippen molar-refractivity contribution in [2.45, 2.75) is 19.9 Å². The lowest BCUT2D eigenvalue weighted by Gasteiger charge is -2.40. The van der Waals surface area contributed by atoms with Crippen LogP contribution in [0.5, 0.6) is 0 Å². The van der Waals surface area contributed by atoms with Gasteiger partial charge in [0, 0.05) is 31.4 Å². The number of rotatable bonds is 3. The first-order valence-electron chi connectivity index (χ1n) is 7.57. The molecule has 1 amide bonds. The van der Waals surface area contributed by atoms with E-state index in [9.17, 15) is 9.59 Å². The van der Waals surface area contributed by atoms with E-state index in [0.29, 0.717) is 25.2 Å². The molecule has 1 aliphatic heterocycles. The molecule has 1 N–H and O–H groups in total. The topological polar surface area (TPSA) is 70.1 Å². The van der Waals surface area contributed by atoms with Crippen LogP contribution in [0.15, 0.2) is 24.3 Å². The Morgan fingerprint density at radius 1 is 1.35 bits per heavy atom. The van der Waals surface area contributed by atoms with Gasteiger partial charge in [0.2, 0.25) is 0 Å². The number of piperazine rings is 1. The lowest BCUT2D eigenvalue weighted by molar-refractivity contribution is 0.0600. The number of hydrogen-bond donors (Lipinski definition) is 1. The van der Waals surface area contributed by atoms with Crippen LogP contribution in [0.2, 0.25) is 0 Å². The number of anilines is 1. The molecular formula is C17H22N2O4. The second kappa shape index (κ2) is 7.17. The number of carbonyl (C=O) groups excluding carboxylic acids is 1. The first-order valence-corrected chi connectivity index (χ1v) is 7.57. The van der Waals surface area contributed by atoms with Crippen molar-refractivity contribution >= 4 is 23.8 Å². The standard InChI is InChI=1S/C17H22N2O4/c1-4-5-13-10-14(16(20)23-3)6-7-15(13)19-9-8-18(17(21)22)11-12(19)2/h4-7,10,12H,8-9,11H2,1-3H3,(H,21,22)/t12-/m1/s1. The molecule has 1 aromatic rings. The van der Waals surface area contributed by atoms with Crippen LogP contribution in [-0.4, -0.2) is 54.9 Å². The molecule has 124 valence electrons. The third kappa shape index (κ3) is 3.64. The minimum atomic E-state index is -0.883. The maximum Gasteiger partial charge on any atom is 0.407 e. The van der Waals surface area contributed by atoms with Crippen LogP contribution in [0.25, 0.3) is 6.08 Å². The highest BCUT2D eigenvalue weighted by Crippen LogP contribution is 2.27. The molecule has 1 heterocycles. The molecule has 0 bridgehead atoms. The minimum absolute atomic E-state index is 0.0628. The molecule has 0 radical (unpaired) electrons. The van der Waals surface area contributed by atoms with Gasteiger partial charge in [-0.3, -0.25) is 0 Å². The van der Waals surface area contributed by atoms with E-state index >= 15 is 0 Å². The summed E-state index contributed by atoms with van der Waals surface area (Å²) in [6, 6.07) is 5.50. The van der Waals surface area contributed by atoms with Crippen LogP contribution in [0.3, 0.4) is 0 Å². The van der Waals surface area contributed by atoms with E-state index in [1.54, 1.807) is 12.1 Å². The van der Waals surface area contributed by atoms with E-state index in [4.69, 9.17) is 9.84 Å². The van der Waals surface area contributed by atoms with Crippen molar-refractivity contribution in [3.8, 4) is 0 Å². The molecule has 1 saturated heterocycles. The number of benzene rings is 1. The van der Waals surface area contributed by atoms with Crippen LogP contribution in [0.1, 0.15) is 29.8 Å². The summed E-state index contributed by atoms with van der Waals surface area (Å²) in [4.78, 5) is 26.4. The van der Waals surface area contributed by atoms with Crippen LogP contribution in [-0.2, 0) is 4.74 Å². The highest BCUT2D eigenvalue weighted by atomic mass is 16.5. The predicted octanol–water partition coefficient (Wildman–Crippen LogP) is 2.69. The number of carbonyl (C=O) groups is 2. The molecule has 1 aliphatic rings. The number of amides is 1. The lowest BCUT2D eigenvalue weighted by Crippen LogP contribution is -2.53. The molecule has 0 spiro atoms. The normalized spacial score (nSPS) is 18.3. The van der Waals surface area contributed by atoms with Gasteiger partial charge in [0.1, 0.15) is 0 Å². The van der Waals surface area contributed by atoms with Crippen molar-refractivity contribution in [2.24, 2.45) is 0 Å². The number of allylic oxidation sites excluding steroid dienone is 1. The molecule has 0 aliphatic carbocycles. The largest absolute Gasteiger partial charge is 0.465 e. The molecule has 0 unspecified atom stereocenters. The Morgan fingerprint density at radius 2 is 2.09 bits per heavy atom. The van der Waals surface area contributed by atoms with Gasteiger partial charge in [0.05, 0.1) is 12.7 Å². The van der Waals surface area contributed by atoms with Crippen molar-refractivity contribution in [2.75, 3.05) is 31.6 Å². The van der Waals surface area contributed by atoms with Crippen molar-refractivity contribution in [1.29, 1.82) is 0 Å². The Labute approximate surface area is 136 Å². The zero-order valence-corrected chi connectivity index (χ0v) is 13.7. The molecule has 6 nitrogen and oxygen atoms in total. The van der Waals surface area contributed by atoms with Crippen molar-refractivity contribution in [1.82, 2.24) is 4.90 Å². The summed E-state index contributed by atoms with van der Waals surface area (Å²) in [5.41, 5.74) is 2.42. The molecule has 1 fully saturated rings. The second-order valence-corrected chi connectivity index (χ2v) is 5.54. The Hall–Kier alpha value is -2.50. The smallest absolute Gasteiger partial charge is 0.407 e. The van der Waals surface area contributed by atoms with Crippen molar-refractivity contribution in [3.63, 3.8) is 0 Å². The van der Waals surface area contributed by atoms with Crippen LogP contribution >= 0.6 is 0 Å². The van der Waals surface area contributed by atoms with E-state index in [0.717, 1.165) is 11.3 Å². The van der Waals surface area contributed by atoms with Gasteiger partial charge in [0.15, 0.2) is 0 Å². The van der Waals surface area contributed by atoms with Gasteiger partial charge in [-0.1, -0.05) is 12.2 Å². The SMILES string of the molecule is CC=Cc1cc(C(=O)OC)ccc1N1CCN(C(=O)O)C[C@H]1C. The molecule has 1 atom stereocenters. The van der Waals surface area contributed by atoms with Gasteiger partial charge in [-0.2, -0.15) is 0 Å². The fourth-order valence-electron chi connectivity index (χ4n) is 2.86. The van der Waals surface area contributed by atoms with Gasteiger partial charge < -0.3 is 19.6 Å². The summed E-state index contributed by atoms with van der Waals surface area (Å²) in [5.74, 6) is -0.369. The molecule has 23 heavy (non-hydrogen) atoms. The highest BCUT2D eigenvalue weighted by Gasteiger charge is 2.27. The van der Waals surface area contributed by atoms with Gasteiger partial charge in [-0.05, 0) is 37.6 Å². The quantitative estimate of drug-likeness (QED) is 0.868. The number of hydrogen-bond acceptors (Lipinski definition) is 4. The molecule has 6 heteroatoms. The number of nitrogens with zero attached hydrogens (tertiary/aromatic N) is 2. The monoisotopic (exact) mass is 318 g/mol. The maximum absolute atomic E-state index is 11.7. The zero-order chi connectivity index (χ0) is 17.0. The zero-order valence-electron chi connectivity index (χ0n) is 13.7. The van der Waals surface area contributed by atoms with E-state index < -0.39 is 6.09 Å². The van der Waals surface area contributed by atoms with Crippen molar-refractivity contribution < 1.29 is 19.4 Å². The Balaban J connectivity index is 2.32. The van der Waals surface area contributed by atoms with Gasteiger partial charge in [0.25, 0.3) is 0 Å². The number of esters is 1. The molecule has 0 aromatic heterocycles. The summed E-state index contributed by atoms with van der Waals surface area (Å²) in [5, 5.41) is 9.12. The predicted molar refractivity (Wildman–Crippen MR) is 88.9 cm³/mol. The fraction of sp³-hybridized carbons (Fsp3) is 0.412. The molecule has 1 aromatic carbocycles. The number of ether oxygens (including phenoxy) is 1. The Bertz CT molecular complexity index is 627. The summed E-state index contributed by atoms with van der Waals surface area (Å²) < 4.78 is 4.77. The first kappa shape index (κ1) is 16.9. The van der Waals surface area contributed by atoms with E-state index in [1.165, 1.54) is 12.0 Å². The summed E-state index contributed by atoms with van der Waals surface area (Å²) >= 11 is 0. The van der Waals surface area contributed by atoms with Crippen molar-refractivity contribution in [3.05, 3.63) is 35.4 Å². The molecule has 2 rings (SSSR count). The average Bonchev–Trinajstić information content (AvgIpc) is 2.54. The first-order chi connectivity index (χ1) is 11.0. The Kier molecular flexibility index (Phi) is 5.26. The van der Waals surface area contributed by atoms with E-state index in [1.807, 2.05) is 32.1 Å². The fourth-order valence-corrected chi connectivity index (χ4v) is 2.86. The minimum Gasteiger partial charge on any atom is -0.465 e. The lowest BCUT2D eigenvalue weighted by atomic mass is 10.0. The van der Waals surface area contributed by atoms with Crippen LogP contribution < -0.4 is 4.90 Å². The summed E-state index contributed by atoms with van der Waals surface area (Å²) in [6.45, 7) is 5.47. The van der Waals surface area contributed by atoms with Crippen LogP contribution in [0.4, 0.5) is 10.5 Å². The molecule has 0 saturated carbocycles. The van der Waals surface area contributed by atoms with Gasteiger partial charge >= 0.3 is 12.1 Å². The Morgan fingerprint density at radius 3 is 2.65 bits per heavy atom. The van der Waals surface area contributed by atoms with Gasteiger partial charge in [-0.15, -0.1) is 0 Å². The second-order valence-electron chi connectivity index (χ2n) is 5.54. The third-order valence-electron chi connectivity index (χ3n) is 4.00. The third-order valence-corrected chi connectivity index (χ3v) is 4.00. The van der Waals surface area contributed by atoms with E-state index in [2.05, 4.69) is 4.90 Å². The number of carboxylic acid groups (broad SMARTS) is 1.